The van der Waals surface area contributed by atoms with Crippen molar-refractivity contribution in [1.29, 1.82) is 0 Å². The molecule has 22 heavy (non-hydrogen) atoms. The Morgan fingerprint density at radius 3 is 3.14 bits per heavy atom. The van der Waals surface area contributed by atoms with Crippen LogP contribution in [0.25, 0.3) is 0 Å². The number of likely N-dealkylation sites (tertiary alicyclic amines) is 1. The monoisotopic (exact) mass is 335 g/mol. The molecular weight excluding hydrogens is 318 g/mol. The third-order valence-electron chi connectivity index (χ3n) is 4.15. The molecule has 1 aliphatic heterocycles. The SMILES string of the molecule is CN1CCC(CNC(=O)c2ccncc2Cl)C1c1cccs1. The number of nitrogens with zero attached hydrogens (tertiary/aromatic N) is 2. The summed E-state index contributed by atoms with van der Waals surface area (Å²) in [5, 5.41) is 5.51. The fraction of sp³-hybridized carbons (Fsp3) is 0.375. The largest absolute Gasteiger partial charge is 0.352 e. The van der Waals surface area contributed by atoms with Gasteiger partial charge in [-0.15, -0.1) is 11.3 Å². The van der Waals surface area contributed by atoms with Gasteiger partial charge in [0.2, 0.25) is 0 Å². The van der Waals surface area contributed by atoms with Gasteiger partial charge in [-0.1, -0.05) is 17.7 Å². The van der Waals surface area contributed by atoms with E-state index < -0.39 is 0 Å². The van der Waals surface area contributed by atoms with E-state index in [-0.39, 0.29) is 5.91 Å². The van der Waals surface area contributed by atoms with E-state index in [0.717, 1.165) is 13.0 Å². The molecule has 1 N–H and O–H groups in total. The molecule has 0 bridgehead atoms. The van der Waals surface area contributed by atoms with Crippen LogP contribution in [-0.2, 0) is 0 Å². The van der Waals surface area contributed by atoms with E-state index >= 15 is 0 Å². The van der Waals surface area contributed by atoms with E-state index in [9.17, 15) is 4.79 Å². The molecule has 6 heteroatoms. The van der Waals surface area contributed by atoms with Crippen LogP contribution in [0, 0.1) is 5.92 Å². The molecule has 0 radical (unpaired) electrons. The summed E-state index contributed by atoms with van der Waals surface area (Å²) < 4.78 is 0. The Kier molecular flexibility index (Phi) is 4.76. The number of hydrogen-bond donors (Lipinski definition) is 1. The number of hydrogen-bond acceptors (Lipinski definition) is 4. The van der Waals surface area contributed by atoms with Gasteiger partial charge in [0.15, 0.2) is 0 Å². The summed E-state index contributed by atoms with van der Waals surface area (Å²) >= 11 is 7.79. The molecule has 0 aromatic carbocycles. The molecule has 0 aliphatic carbocycles. The van der Waals surface area contributed by atoms with Gasteiger partial charge >= 0.3 is 0 Å². The average Bonchev–Trinajstić information content (AvgIpc) is 3.14. The molecule has 0 saturated carbocycles. The molecule has 1 saturated heterocycles. The van der Waals surface area contributed by atoms with Gasteiger partial charge in [0.25, 0.3) is 5.91 Å². The molecule has 1 aliphatic rings. The van der Waals surface area contributed by atoms with Crippen LogP contribution in [0.15, 0.2) is 36.0 Å². The maximum Gasteiger partial charge on any atom is 0.252 e. The second-order valence-electron chi connectivity index (χ2n) is 5.56. The van der Waals surface area contributed by atoms with Crippen LogP contribution in [0.5, 0.6) is 0 Å². The zero-order valence-electron chi connectivity index (χ0n) is 12.3. The fourth-order valence-electron chi connectivity index (χ4n) is 3.03. The number of thiophene rings is 1. The average molecular weight is 336 g/mol. The van der Waals surface area contributed by atoms with E-state index in [1.807, 2.05) is 0 Å². The molecule has 2 aromatic heterocycles. The molecule has 0 spiro atoms. The highest BCUT2D eigenvalue weighted by molar-refractivity contribution is 7.10. The predicted octanol–water partition coefficient (Wildman–Crippen LogP) is 3.22. The molecule has 3 heterocycles. The summed E-state index contributed by atoms with van der Waals surface area (Å²) in [6.07, 6.45) is 4.16. The van der Waals surface area contributed by atoms with E-state index in [2.05, 4.69) is 39.8 Å². The topological polar surface area (TPSA) is 45.2 Å². The lowest BCUT2D eigenvalue weighted by Gasteiger charge is -2.24. The molecular formula is C16H18ClN3OS. The highest BCUT2D eigenvalue weighted by Gasteiger charge is 2.33. The first-order chi connectivity index (χ1) is 10.7. The first kappa shape index (κ1) is 15.5. The van der Waals surface area contributed by atoms with Gasteiger partial charge in [0.05, 0.1) is 10.6 Å². The van der Waals surface area contributed by atoms with Crippen molar-refractivity contribution in [3.63, 3.8) is 0 Å². The van der Waals surface area contributed by atoms with Crippen molar-refractivity contribution in [2.24, 2.45) is 5.92 Å². The summed E-state index contributed by atoms with van der Waals surface area (Å²) in [6.45, 7) is 1.71. The van der Waals surface area contributed by atoms with Gasteiger partial charge in [-0.05, 0) is 43.4 Å². The lowest BCUT2D eigenvalue weighted by molar-refractivity contribution is 0.0944. The van der Waals surface area contributed by atoms with Crippen LogP contribution < -0.4 is 5.32 Å². The van der Waals surface area contributed by atoms with Crippen molar-refractivity contribution in [1.82, 2.24) is 15.2 Å². The Bertz CT molecular complexity index is 647. The first-order valence-electron chi connectivity index (χ1n) is 7.28. The Labute approximate surface area is 139 Å². The van der Waals surface area contributed by atoms with Crippen molar-refractivity contribution in [2.75, 3.05) is 20.1 Å². The summed E-state index contributed by atoms with van der Waals surface area (Å²) in [7, 11) is 2.14. The van der Waals surface area contributed by atoms with Crippen LogP contribution in [0.2, 0.25) is 5.02 Å². The minimum absolute atomic E-state index is 0.133. The third kappa shape index (κ3) is 3.16. The van der Waals surface area contributed by atoms with E-state index in [1.54, 1.807) is 23.6 Å². The Balaban J connectivity index is 1.66. The normalized spacial score (nSPS) is 21.9. The lowest BCUT2D eigenvalue weighted by Crippen LogP contribution is -2.32. The minimum Gasteiger partial charge on any atom is -0.352 e. The molecule has 3 rings (SSSR count). The number of nitrogens with one attached hydrogen (secondary N) is 1. The molecule has 116 valence electrons. The standard InChI is InChI=1S/C16H18ClN3OS/c1-20-7-5-11(15(20)14-3-2-8-22-14)9-19-16(21)12-4-6-18-10-13(12)17/h2-4,6,8,10-11,15H,5,7,9H2,1H3,(H,19,21). The second kappa shape index (κ2) is 6.77. The van der Waals surface area contributed by atoms with Gasteiger partial charge < -0.3 is 5.32 Å². The number of carbonyl (C=O) groups excluding carboxylic acids is 1. The zero-order chi connectivity index (χ0) is 15.5. The third-order valence-corrected chi connectivity index (χ3v) is 5.39. The zero-order valence-corrected chi connectivity index (χ0v) is 13.9. The quantitative estimate of drug-likeness (QED) is 0.933. The van der Waals surface area contributed by atoms with Crippen LogP contribution in [0.3, 0.4) is 0 Å². The van der Waals surface area contributed by atoms with Crippen LogP contribution in [0.1, 0.15) is 27.7 Å². The van der Waals surface area contributed by atoms with Gasteiger partial charge in [-0.3, -0.25) is 14.7 Å². The number of carbonyl (C=O) groups is 1. The van der Waals surface area contributed by atoms with E-state index in [4.69, 9.17) is 11.6 Å². The summed E-state index contributed by atoms with van der Waals surface area (Å²) in [5.74, 6) is 0.292. The van der Waals surface area contributed by atoms with Crippen LogP contribution in [-0.4, -0.2) is 35.9 Å². The highest BCUT2D eigenvalue weighted by Crippen LogP contribution is 2.37. The molecule has 1 fully saturated rings. The van der Waals surface area contributed by atoms with Gasteiger partial charge in [0, 0.05) is 29.9 Å². The molecule has 2 aromatic rings. The number of rotatable bonds is 4. The summed E-state index contributed by atoms with van der Waals surface area (Å²) in [4.78, 5) is 19.9. The molecule has 1 amide bonds. The highest BCUT2D eigenvalue weighted by atomic mass is 35.5. The number of amides is 1. The Morgan fingerprint density at radius 2 is 2.41 bits per heavy atom. The molecule has 4 nitrogen and oxygen atoms in total. The van der Waals surface area contributed by atoms with Crippen molar-refractivity contribution in [2.45, 2.75) is 12.5 Å². The summed E-state index contributed by atoms with van der Waals surface area (Å²) in [5.41, 5.74) is 0.482. The van der Waals surface area contributed by atoms with E-state index in [0.29, 0.717) is 29.1 Å². The maximum absolute atomic E-state index is 12.3. The predicted molar refractivity (Wildman–Crippen MR) is 89.4 cm³/mol. The smallest absolute Gasteiger partial charge is 0.252 e. The van der Waals surface area contributed by atoms with Gasteiger partial charge in [-0.25, -0.2) is 0 Å². The molecule has 2 unspecified atom stereocenters. The fourth-order valence-corrected chi connectivity index (χ4v) is 4.22. The molecule has 2 atom stereocenters. The number of aromatic nitrogens is 1. The van der Waals surface area contributed by atoms with Crippen molar-refractivity contribution < 1.29 is 4.79 Å². The Morgan fingerprint density at radius 1 is 1.55 bits per heavy atom. The number of pyridine rings is 1. The Hall–Kier alpha value is -1.43. The van der Waals surface area contributed by atoms with Gasteiger partial charge in [-0.2, -0.15) is 0 Å². The van der Waals surface area contributed by atoms with Crippen LogP contribution in [0.4, 0.5) is 0 Å². The maximum atomic E-state index is 12.3. The lowest BCUT2D eigenvalue weighted by atomic mass is 9.99. The van der Waals surface area contributed by atoms with Crippen molar-refractivity contribution in [3.05, 3.63) is 51.4 Å². The summed E-state index contributed by atoms with van der Waals surface area (Å²) in [6, 6.07) is 6.28. The minimum atomic E-state index is -0.133. The van der Waals surface area contributed by atoms with Crippen molar-refractivity contribution in [3.8, 4) is 0 Å². The number of halogens is 1. The van der Waals surface area contributed by atoms with E-state index in [1.165, 1.54) is 11.1 Å². The first-order valence-corrected chi connectivity index (χ1v) is 8.54. The van der Waals surface area contributed by atoms with Crippen LogP contribution >= 0.6 is 22.9 Å². The second-order valence-corrected chi connectivity index (χ2v) is 6.94. The van der Waals surface area contributed by atoms with Crippen molar-refractivity contribution >= 4 is 28.8 Å². The van der Waals surface area contributed by atoms with Gasteiger partial charge in [0.1, 0.15) is 0 Å².